The summed E-state index contributed by atoms with van der Waals surface area (Å²) in [5, 5.41) is 0. The summed E-state index contributed by atoms with van der Waals surface area (Å²) in [5.74, 6) is -0.769. The van der Waals surface area contributed by atoms with E-state index < -0.39 is 17.7 Å². The summed E-state index contributed by atoms with van der Waals surface area (Å²) in [6.45, 7) is 1.70. The molecule has 16 heavy (non-hydrogen) atoms. The molecule has 0 aliphatic carbocycles. The third kappa shape index (κ3) is 3.23. The average molecular weight is 297 g/mol. The van der Waals surface area contributed by atoms with Crippen molar-refractivity contribution >= 4 is 21.9 Å². The number of ether oxygens (including phenoxy) is 1. The zero-order chi connectivity index (χ0) is 12.3. The first-order valence-corrected chi connectivity index (χ1v) is 5.19. The second-order valence-electron chi connectivity index (χ2n) is 2.95. The highest BCUT2D eigenvalue weighted by atomic mass is 79.9. The van der Waals surface area contributed by atoms with Crippen LogP contribution in [0.15, 0.2) is 22.7 Å². The van der Waals surface area contributed by atoms with E-state index in [2.05, 4.69) is 20.7 Å². The molecule has 0 saturated carbocycles. The fraction of sp³-hybridized carbons (Fsp3) is 0.300. The Bertz CT molecular complexity index is 402. The first kappa shape index (κ1) is 13.0. The van der Waals surface area contributed by atoms with Crippen molar-refractivity contribution in [3.63, 3.8) is 0 Å². The Morgan fingerprint density at radius 3 is 2.50 bits per heavy atom. The van der Waals surface area contributed by atoms with Crippen LogP contribution in [0.25, 0.3) is 0 Å². The monoisotopic (exact) mass is 296 g/mol. The van der Waals surface area contributed by atoms with Gasteiger partial charge < -0.3 is 4.74 Å². The molecule has 0 unspecified atom stereocenters. The van der Waals surface area contributed by atoms with Crippen molar-refractivity contribution in [1.82, 2.24) is 0 Å². The van der Waals surface area contributed by atoms with E-state index in [1.54, 1.807) is 6.92 Å². The van der Waals surface area contributed by atoms with Gasteiger partial charge in [0.25, 0.3) is 0 Å². The number of esters is 1. The number of benzene rings is 1. The first-order valence-electron chi connectivity index (χ1n) is 4.39. The van der Waals surface area contributed by atoms with Gasteiger partial charge in [-0.15, -0.1) is 0 Å². The Hall–Kier alpha value is -1.04. The summed E-state index contributed by atoms with van der Waals surface area (Å²) in [4.78, 5) is 11.3. The van der Waals surface area contributed by atoms with E-state index in [4.69, 9.17) is 0 Å². The molecule has 2 nitrogen and oxygen atoms in total. The maximum absolute atomic E-state index is 12.4. The predicted octanol–water partition coefficient (Wildman–Crippen LogP) is 3.64. The highest BCUT2D eigenvalue weighted by Crippen LogP contribution is 2.32. The molecule has 0 radical (unpaired) electrons. The van der Waals surface area contributed by atoms with Crippen LogP contribution >= 0.6 is 15.9 Å². The van der Waals surface area contributed by atoms with Gasteiger partial charge in [-0.1, -0.05) is 15.9 Å². The van der Waals surface area contributed by atoms with Crippen LogP contribution in [-0.2, 0) is 10.9 Å². The molecule has 0 aliphatic heterocycles. The summed E-state index contributed by atoms with van der Waals surface area (Å²) in [6, 6.07) is 2.96. The summed E-state index contributed by atoms with van der Waals surface area (Å²) < 4.78 is 42.1. The van der Waals surface area contributed by atoms with Gasteiger partial charge in [-0.25, -0.2) is 4.79 Å². The lowest BCUT2D eigenvalue weighted by Crippen LogP contribution is -2.09. The maximum atomic E-state index is 12.4. The molecule has 0 amide bonds. The molecule has 0 atom stereocenters. The van der Waals surface area contributed by atoms with Crippen LogP contribution in [-0.4, -0.2) is 12.6 Å². The molecule has 1 aromatic carbocycles. The van der Waals surface area contributed by atoms with Gasteiger partial charge in [0.15, 0.2) is 0 Å². The van der Waals surface area contributed by atoms with Crippen LogP contribution in [0.5, 0.6) is 0 Å². The molecule has 88 valence electrons. The number of carbonyl (C=O) groups excluding carboxylic acids is 1. The van der Waals surface area contributed by atoms with E-state index >= 15 is 0 Å². The molecule has 6 heteroatoms. The number of halogens is 4. The van der Waals surface area contributed by atoms with Crippen LogP contribution in [0.1, 0.15) is 22.8 Å². The topological polar surface area (TPSA) is 26.3 Å². The van der Waals surface area contributed by atoms with Gasteiger partial charge in [0.1, 0.15) is 0 Å². The zero-order valence-electron chi connectivity index (χ0n) is 8.27. The second-order valence-corrected chi connectivity index (χ2v) is 3.86. The fourth-order valence-electron chi connectivity index (χ4n) is 1.09. The van der Waals surface area contributed by atoms with Crippen molar-refractivity contribution in [2.24, 2.45) is 0 Å². The Morgan fingerprint density at radius 2 is 2.00 bits per heavy atom. The fourth-order valence-corrected chi connectivity index (χ4v) is 1.58. The first-order chi connectivity index (χ1) is 7.34. The molecule has 0 fully saturated rings. The largest absolute Gasteiger partial charge is 0.462 e. The number of carbonyl (C=O) groups is 1. The normalized spacial score (nSPS) is 11.3. The standard InChI is InChI=1S/C10H8BrF3O2/c1-2-16-9(15)6-3-7(10(12,13)14)5-8(11)4-6/h3-5H,2H2,1H3. The highest BCUT2D eigenvalue weighted by molar-refractivity contribution is 9.10. The molecule has 0 bridgehead atoms. The average Bonchev–Trinajstić information content (AvgIpc) is 2.16. The molecule has 0 heterocycles. The molecular weight excluding hydrogens is 289 g/mol. The SMILES string of the molecule is CCOC(=O)c1cc(Br)cc(C(F)(F)F)c1. The van der Waals surface area contributed by atoms with Gasteiger partial charge in [-0.3, -0.25) is 0 Å². The molecule has 0 aliphatic rings. The van der Waals surface area contributed by atoms with Crippen molar-refractivity contribution in [3.8, 4) is 0 Å². The van der Waals surface area contributed by atoms with Gasteiger partial charge >= 0.3 is 12.1 Å². The molecule has 0 N–H and O–H groups in total. The van der Waals surface area contributed by atoms with Gasteiger partial charge in [0.2, 0.25) is 0 Å². The third-order valence-electron chi connectivity index (χ3n) is 1.74. The zero-order valence-corrected chi connectivity index (χ0v) is 9.85. The lowest BCUT2D eigenvalue weighted by Gasteiger charge is -2.09. The summed E-state index contributed by atoms with van der Waals surface area (Å²) in [6.07, 6.45) is -4.48. The molecule has 1 rings (SSSR count). The van der Waals surface area contributed by atoms with E-state index in [0.717, 1.165) is 12.1 Å². The minimum atomic E-state index is -4.48. The van der Waals surface area contributed by atoms with Crippen molar-refractivity contribution in [1.29, 1.82) is 0 Å². The van der Waals surface area contributed by atoms with Crippen molar-refractivity contribution in [2.75, 3.05) is 6.61 Å². The van der Waals surface area contributed by atoms with Crippen LogP contribution in [0.3, 0.4) is 0 Å². The number of rotatable bonds is 2. The van der Waals surface area contributed by atoms with Gasteiger partial charge in [-0.2, -0.15) is 13.2 Å². The predicted molar refractivity (Wildman–Crippen MR) is 55.1 cm³/mol. The Morgan fingerprint density at radius 1 is 1.38 bits per heavy atom. The van der Waals surface area contributed by atoms with Crippen LogP contribution < -0.4 is 0 Å². The second kappa shape index (κ2) is 4.86. The quantitative estimate of drug-likeness (QED) is 0.779. The van der Waals surface area contributed by atoms with Crippen molar-refractivity contribution in [3.05, 3.63) is 33.8 Å². The number of hydrogen-bond acceptors (Lipinski definition) is 2. The van der Waals surface area contributed by atoms with Crippen LogP contribution in [0.4, 0.5) is 13.2 Å². The highest BCUT2D eigenvalue weighted by Gasteiger charge is 2.31. The van der Waals surface area contributed by atoms with Gasteiger partial charge in [-0.05, 0) is 25.1 Å². The number of hydrogen-bond donors (Lipinski definition) is 0. The Labute approximate surface area is 98.5 Å². The van der Waals surface area contributed by atoms with E-state index in [1.165, 1.54) is 6.07 Å². The summed E-state index contributed by atoms with van der Waals surface area (Å²) >= 11 is 2.92. The van der Waals surface area contributed by atoms with Crippen molar-refractivity contribution in [2.45, 2.75) is 13.1 Å². The lowest BCUT2D eigenvalue weighted by molar-refractivity contribution is -0.137. The molecule has 0 aromatic heterocycles. The van der Waals surface area contributed by atoms with Gasteiger partial charge in [0.05, 0.1) is 17.7 Å². The maximum Gasteiger partial charge on any atom is 0.416 e. The molecule has 1 aromatic rings. The molecular formula is C10H8BrF3O2. The van der Waals surface area contributed by atoms with Crippen molar-refractivity contribution < 1.29 is 22.7 Å². The van der Waals surface area contributed by atoms with E-state index in [9.17, 15) is 18.0 Å². The molecule has 0 spiro atoms. The lowest BCUT2D eigenvalue weighted by atomic mass is 10.1. The van der Waals surface area contributed by atoms with E-state index in [-0.39, 0.29) is 16.6 Å². The van der Waals surface area contributed by atoms with E-state index in [1.807, 2.05) is 0 Å². The third-order valence-corrected chi connectivity index (χ3v) is 2.19. The summed E-state index contributed by atoms with van der Waals surface area (Å²) in [7, 11) is 0. The number of alkyl halides is 3. The Kier molecular flexibility index (Phi) is 3.96. The minimum Gasteiger partial charge on any atom is -0.462 e. The van der Waals surface area contributed by atoms with Crippen LogP contribution in [0.2, 0.25) is 0 Å². The van der Waals surface area contributed by atoms with Gasteiger partial charge in [0, 0.05) is 4.47 Å². The van der Waals surface area contributed by atoms with Crippen LogP contribution in [0, 0.1) is 0 Å². The Balaban J connectivity index is 3.13. The summed E-state index contributed by atoms with van der Waals surface area (Å²) in [5.41, 5.74) is -1.01. The molecule has 0 saturated heterocycles. The minimum absolute atomic E-state index is 0.118. The smallest absolute Gasteiger partial charge is 0.416 e. The van der Waals surface area contributed by atoms with E-state index in [0.29, 0.717) is 0 Å².